The quantitative estimate of drug-likeness (QED) is 0.781. The van der Waals surface area contributed by atoms with Crippen LogP contribution in [0.4, 0.5) is 0 Å². The van der Waals surface area contributed by atoms with E-state index in [0.29, 0.717) is 6.04 Å². The molecule has 1 aromatic carbocycles. The first-order chi connectivity index (χ1) is 11.2. The van der Waals surface area contributed by atoms with Crippen LogP contribution >= 0.6 is 11.3 Å². The molecule has 5 heteroatoms. The van der Waals surface area contributed by atoms with E-state index in [0.717, 1.165) is 25.1 Å². The second kappa shape index (κ2) is 7.62. The van der Waals surface area contributed by atoms with Gasteiger partial charge in [-0.3, -0.25) is 4.79 Å². The zero-order valence-electron chi connectivity index (χ0n) is 13.2. The van der Waals surface area contributed by atoms with Crippen molar-refractivity contribution in [3.8, 4) is 5.75 Å². The number of hydrogen-bond acceptors (Lipinski definition) is 4. The molecule has 1 atom stereocenters. The summed E-state index contributed by atoms with van der Waals surface area (Å²) >= 11 is 1.71. The Hall–Kier alpha value is -1.85. The highest BCUT2D eigenvalue weighted by Gasteiger charge is 2.23. The van der Waals surface area contributed by atoms with E-state index in [1.807, 2.05) is 24.3 Å². The van der Waals surface area contributed by atoms with E-state index in [-0.39, 0.29) is 18.6 Å². The van der Waals surface area contributed by atoms with Crippen LogP contribution in [0.1, 0.15) is 36.9 Å². The average Bonchev–Trinajstić information content (AvgIpc) is 3.22. The summed E-state index contributed by atoms with van der Waals surface area (Å²) in [5, 5.41) is 10.7. The van der Waals surface area contributed by atoms with E-state index < -0.39 is 0 Å². The number of nitrogens with one attached hydrogen (secondary N) is 2. The predicted molar refractivity (Wildman–Crippen MR) is 92.7 cm³/mol. The zero-order valence-corrected chi connectivity index (χ0v) is 14.1. The summed E-state index contributed by atoms with van der Waals surface area (Å²) in [6.45, 7) is 3.09. The van der Waals surface area contributed by atoms with Gasteiger partial charge in [-0.15, -0.1) is 0 Å². The predicted octanol–water partition coefficient (Wildman–Crippen LogP) is 3.26. The summed E-state index contributed by atoms with van der Waals surface area (Å²) in [6.07, 6.45) is 2.19. The maximum Gasteiger partial charge on any atom is 0.258 e. The van der Waals surface area contributed by atoms with Gasteiger partial charge in [-0.05, 0) is 59.9 Å². The Morgan fingerprint density at radius 3 is 2.74 bits per heavy atom. The normalized spacial score (nSPS) is 15.2. The second-order valence-corrected chi connectivity index (χ2v) is 6.71. The van der Waals surface area contributed by atoms with Gasteiger partial charge in [0.15, 0.2) is 6.61 Å². The van der Waals surface area contributed by atoms with Crippen LogP contribution < -0.4 is 15.4 Å². The molecule has 0 spiro atoms. The summed E-state index contributed by atoms with van der Waals surface area (Å²) in [5.74, 6) is 0.687. The molecule has 1 saturated carbocycles. The van der Waals surface area contributed by atoms with E-state index in [9.17, 15) is 4.79 Å². The van der Waals surface area contributed by atoms with Crippen molar-refractivity contribution in [3.05, 3.63) is 52.2 Å². The van der Waals surface area contributed by atoms with Crippen molar-refractivity contribution in [2.45, 2.75) is 38.4 Å². The molecule has 3 rings (SSSR count). The van der Waals surface area contributed by atoms with Gasteiger partial charge in [-0.1, -0.05) is 12.1 Å². The lowest BCUT2D eigenvalue weighted by molar-refractivity contribution is -0.123. The number of hydrogen-bond donors (Lipinski definition) is 2. The number of rotatable bonds is 8. The molecule has 1 aliphatic carbocycles. The summed E-state index contributed by atoms with van der Waals surface area (Å²) < 4.78 is 5.52. The molecule has 0 bridgehead atoms. The highest BCUT2D eigenvalue weighted by molar-refractivity contribution is 7.07. The largest absolute Gasteiger partial charge is 0.484 e. The van der Waals surface area contributed by atoms with E-state index in [1.165, 1.54) is 11.1 Å². The smallest absolute Gasteiger partial charge is 0.258 e. The van der Waals surface area contributed by atoms with Crippen LogP contribution in [-0.2, 0) is 11.3 Å². The molecule has 1 fully saturated rings. The molecule has 0 radical (unpaired) electrons. The fourth-order valence-electron chi connectivity index (χ4n) is 2.28. The Labute approximate surface area is 140 Å². The lowest BCUT2D eigenvalue weighted by Gasteiger charge is -2.14. The van der Waals surface area contributed by atoms with Crippen molar-refractivity contribution in [2.24, 2.45) is 0 Å². The molecule has 2 N–H and O–H groups in total. The lowest BCUT2D eigenvalue weighted by atomic mass is 10.1. The summed E-state index contributed by atoms with van der Waals surface area (Å²) in [4.78, 5) is 11.6. The maximum absolute atomic E-state index is 11.6. The van der Waals surface area contributed by atoms with Gasteiger partial charge in [0.2, 0.25) is 0 Å². The van der Waals surface area contributed by atoms with Crippen LogP contribution in [0, 0.1) is 0 Å². The van der Waals surface area contributed by atoms with Crippen molar-refractivity contribution < 1.29 is 9.53 Å². The van der Waals surface area contributed by atoms with Gasteiger partial charge in [0.1, 0.15) is 5.75 Å². The van der Waals surface area contributed by atoms with Crippen molar-refractivity contribution >= 4 is 17.2 Å². The third-order valence-electron chi connectivity index (χ3n) is 3.88. The van der Waals surface area contributed by atoms with Crippen molar-refractivity contribution in [3.63, 3.8) is 0 Å². The minimum Gasteiger partial charge on any atom is -0.484 e. The molecule has 0 unspecified atom stereocenters. The highest BCUT2D eigenvalue weighted by atomic mass is 32.1. The Balaban J connectivity index is 1.44. The standard InChI is InChI=1S/C18H22N2O2S/c1-13(19-10-14-8-9-23-12-14)15-2-6-17(7-3-15)22-11-18(21)20-16-4-5-16/h2-3,6-9,12-13,16,19H,4-5,10-11H2,1H3,(H,20,21)/t13-/m1/s1. The fraction of sp³-hybridized carbons (Fsp3) is 0.389. The van der Waals surface area contributed by atoms with E-state index in [4.69, 9.17) is 4.74 Å². The molecular weight excluding hydrogens is 308 g/mol. The van der Waals surface area contributed by atoms with Crippen LogP contribution in [0.3, 0.4) is 0 Å². The first kappa shape index (κ1) is 16.0. The Morgan fingerprint density at radius 1 is 1.30 bits per heavy atom. The Morgan fingerprint density at radius 2 is 2.09 bits per heavy atom. The van der Waals surface area contributed by atoms with E-state index in [1.54, 1.807) is 11.3 Å². The molecule has 0 saturated heterocycles. The molecule has 1 aliphatic rings. The number of carbonyl (C=O) groups excluding carboxylic acids is 1. The first-order valence-corrected chi connectivity index (χ1v) is 8.91. The van der Waals surface area contributed by atoms with Gasteiger partial charge in [0.05, 0.1) is 0 Å². The molecule has 23 heavy (non-hydrogen) atoms. The van der Waals surface area contributed by atoms with E-state index in [2.05, 4.69) is 34.4 Å². The monoisotopic (exact) mass is 330 g/mol. The number of carbonyl (C=O) groups is 1. The summed E-state index contributed by atoms with van der Waals surface area (Å²) in [7, 11) is 0. The molecule has 1 heterocycles. The average molecular weight is 330 g/mol. The molecule has 4 nitrogen and oxygen atoms in total. The summed E-state index contributed by atoms with van der Waals surface area (Å²) in [6, 6.07) is 10.7. The van der Waals surface area contributed by atoms with Gasteiger partial charge in [-0.2, -0.15) is 11.3 Å². The van der Waals surface area contributed by atoms with Crippen LogP contribution in [0.5, 0.6) is 5.75 Å². The van der Waals surface area contributed by atoms with Gasteiger partial charge in [0.25, 0.3) is 5.91 Å². The number of benzene rings is 1. The number of amides is 1. The number of thiophene rings is 1. The minimum atomic E-state index is -0.0395. The molecule has 0 aliphatic heterocycles. The molecule has 122 valence electrons. The van der Waals surface area contributed by atoms with Crippen LogP contribution in [0.25, 0.3) is 0 Å². The van der Waals surface area contributed by atoms with Gasteiger partial charge in [0, 0.05) is 18.6 Å². The molecule has 1 amide bonds. The fourth-order valence-corrected chi connectivity index (χ4v) is 2.95. The topological polar surface area (TPSA) is 50.4 Å². The first-order valence-electron chi connectivity index (χ1n) is 7.97. The Kier molecular flexibility index (Phi) is 5.31. The lowest BCUT2D eigenvalue weighted by Crippen LogP contribution is -2.30. The zero-order chi connectivity index (χ0) is 16.1. The van der Waals surface area contributed by atoms with Crippen molar-refractivity contribution in [1.29, 1.82) is 0 Å². The molecule has 2 aromatic rings. The number of ether oxygens (including phenoxy) is 1. The second-order valence-electron chi connectivity index (χ2n) is 5.93. The third kappa shape index (κ3) is 5.08. The van der Waals surface area contributed by atoms with Gasteiger partial charge in [-0.25, -0.2) is 0 Å². The molecular formula is C18H22N2O2S. The summed E-state index contributed by atoms with van der Waals surface area (Å²) in [5.41, 5.74) is 2.51. The van der Waals surface area contributed by atoms with Crippen LogP contribution in [0.2, 0.25) is 0 Å². The maximum atomic E-state index is 11.6. The molecule has 1 aromatic heterocycles. The third-order valence-corrected chi connectivity index (χ3v) is 4.62. The van der Waals surface area contributed by atoms with Gasteiger partial charge >= 0.3 is 0 Å². The van der Waals surface area contributed by atoms with Crippen LogP contribution in [-0.4, -0.2) is 18.6 Å². The Bertz CT molecular complexity index is 621. The van der Waals surface area contributed by atoms with E-state index >= 15 is 0 Å². The van der Waals surface area contributed by atoms with Crippen LogP contribution in [0.15, 0.2) is 41.1 Å². The SMILES string of the molecule is C[C@@H](NCc1ccsc1)c1ccc(OCC(=O)NC2CC2)cc1. The highest BCUT2D eigenvalue weighted by Crippen LogP contribution is 2.20. The van der Waals surface area contributed by atoms with Gasteiger partial charge < -0.3 is 15.4 Å². The van der Waals surface area contributed by atoms with Crippen molar-refractivity contribution in [1.82, 2.24) is 10.6 Å². The van der Waals surface area contributed by atoms with Crippen molar-refractivity contribution in [2.75, 3.05) is 6.61 Å². The minimum absolute atomic E-state index is 0.0395.